The van der Waals surface area contributed by atoms with Crippen molar-refractivity contribution in [3.8, 4) is 11.4 Å². The number of hydrogen-bond donors (Lipinski definition) is 0. The maximum absolute atomic E-state index is 2.57. The van der Waals surface area contributed by atoms with Gasteiger partial charge in [0.25, 0.3) is 0 Å². The molecule has 0 unspecified atom stereocenters. The lowest BCUT2D eigenvalue weighted by atomic mass is 9.86. The molecule has 12 aromatic carbocycles. The molecule has 0 N–H and O–H groups in total. The van der Waals surface area contributed by atoms with Gasteiger partial charge in [-0.3, -0.25) is 0 Å². The average Bonchev–Trinajstić information content (AvgIpc) is 4.00. The molecular formula is C62H46N2. The van der Waals surface area contributed by atoms with E-state index in [2.05, 4.69) is 221 Å². The molecular weight excluding hydrogens is 773 g/mol. The van der Waals surface area contributed by atoms with Gasteiger partial charge in [0.15, 0.2) is 0 Å². The first kappa shape index (κ1) is 36.1. The predicted octanol–water partition coefficient (Wildman–Crippen LogP) is 17.4. The standard InChI is InChI=1S/C62H46N2/c1-61(2,3)38-21-25-55-50(29-38)52-33-53-51-30-39(62(4,5)6)22-26-56(51)64(58(53)34-57(52)63(55)40-23-20-35-12-7-8-13-37(35)28-40)54-27-24-44-49-32-47-42-17-10-15-36-14-9-16-41(59(36)42)46(47)31-48(49)43-18-11-19-45(54)60(43)44/h7-34H,1-6H3. The molecule has 0 bridgehead atoms. The SMILES string of the molecule is CC(C)(C)c1ccc2c(c1)c1cc3c4cc(C(C)(C)C)ccc4n(-c4ccc5c6cc7c(cc6c6cccc4c65)c4cccc5cccc7c54)c3cc1n2-c1ccc2ccccc2c1. The van der Waals surface area contributed by atoms with Crippen LogP contribution >= 0.6 is 0 Å². The van der Waals surface area contributed by atoms with E-state index in [1.807, 2.05) is 0 Å². The van der Waals surface area contributed by atoms with Crippen LogP contribution in [0.4, 0.5) is 0 Å². The first-order valence-electron chi connectivity index (χ1n) is 22.8. The maximum atomic E-state index is 2.57. The molecule has 2 heterocycles. The Hall–Kier alpha value is -7.42. The van der Waals surface area contributed by atoms with Crippen LogP contribution in [-0.2, 0) is 10.8 Å². The van der Waals surface area contributed by atoms with Crippen molar-refractivity contribution < 1.29 is 0 Å². The Morgan fingerprint density at radius 3 is 1.39 bits per heavy atom. The summed E-state index contributed by atoms with van der Waals surface area (Å²) in [5.74, 6) is 0. The Labute approximate surface area is 371 Å². The largest absolute Gasteiger partial charge is 0.309 e. The fraction of sp³-hybridized carbons (Fsp3) is 0.129. The third kappa shape index (κ3) is 4.75. The molecule has 2 nitrogen and oxygen atoms in total. The second-order valence-electron chi connectivity index (χ2n) is 20.6. The Morgan fingerprint density at radius 2 is 0.766 bits per heavy atom. The Morgan fingerprint density at radius 1 is 0.281 bits per heavy atom. The molecule has 0 spiro atoms. The van der Waals surface area contributed by atoms with Crippen LogP contribution in [0.5, 0.6) is 0 Å². The van der Waals surface area contributed by atoms with Crippen LogP contribution in [0, 0.1) is 0 Å². The highest BCUT2D eigenvalue weighted by atomic mass is 15.0. The third-order valence-corrected chi connectivity index (χ3v) is 14.9. The molecule has 0 saturated heterocycles. The number of nitrogens with zero attached hydrogens (tertiary/aromatic N) is 2. The fourth-order valence-corrected chi connectivity index (χ4v) is 11.6. The zero-order valence-electron chi connectivity index (χ0n) is 37.1. The molecule has 0 aliphatic heterocycles. The summed E-state index contributed by atoms with van der Waals surface area (Å²) in [4.78, 5) is 0. The van der Waals surface area contributed by atoms with Crippen LogP contribution in [0.2, 0.25) is 0 Å². The van der Waals surface area contributed by atoms with Crippen molar-refractivity contribution in [2.75, 3.05) is 0 Å². The predicted molar refractivity (Wildman–Crippen MR) is 277 cm³/mol. The summed E-state index contributed by atoms with van der Waals surface area (Å²) in [6.45, 7) is 13.9. The molecule has 2 heteroatoms. The molecule has 0 fully saturated rings. The van der Waals surface area contributed by atoms with E-state index in [1.54, 1.807) is 0 Å². The van der Waals surface area contributed by atoms with E-state index in [9.17, 15) is 0 Å². The summed E-state index contributed by atoms with van der Waals surface area (Å²) in [6.07, 6.45) is 0. The summed E-state index contributed by atoms with van der Waals surface area (Å²) in [5.41, 5.74) is 9.97. The quantitative estimate of drug-likeness (QED) is 0.164. The maximum Gasteiger partial charge on any atom is 0.0562 e. The highest BCUT2D eigenvalue weighted by Crippen LogP contribution is 2.48. The lowest BCUT2D eigenvalue weighted by Gasteiger charge is -2.19. The summed E-state index contributed by atoms with van der Waals surface area (Å²) in [6, 6.07) is 65.2. The summed E-state index contributed by atoms with van der Waals surface area (Å²) in [7, 11) is 0. The van der Waals surface area contributed by atoms with Gasteiger partial charge in [0.1, 0.15) is 0 Å². The number of benzene rings is 10. The van der Waals surface area contributed by atoms with Gasteiger partial charge >= 0.3 is 0 Å². The van der Waals surface area contributed by atoms with Crippen molar-refractivity contribution in [3.05, 3.63) is 181 Å². The lowest BCUT2D eigenvalue weighted by Crippen LogP contribution is -2.10. The van der Waals surface area contributed by atoms with Gasteiger partial charge < -0.3 is 9.13 Å². The van der Waals surface area contributed by atoms with E-state index < -0.39 is 0 Å². The highest BCUT2D eigenvalue weighted by Gasteiger charge is 2.25. The van der Waals surface area contributed by atoms with Gasteiger partial charge in [-0.2, -0.15) is 0 Å². The smallest absolute Gasteiger partial charge is 0.0562 e. The van der Waals surface area contributed by atoms with Crippen molar-refractivity contribution in [1.29, 1.82) is 0 Å². The zero-order chi connectivity index (χ0) is 43.0. The van der Waals surface area contributed by atoms with E-state index in [4.69, 9.17) is 0 Å². The van der Waals surface area contributed by atoms with E-state index in [-0.39, 0.29) is 10.8 Å². The van der Waals surface area contributed by atoms with Crippen LogP contribution in [0.1, 0.15) is 52.7 Å². The van der Waals surface area contributed by atoms with E-state index in [1.165, 1.54) is 142 Å². The van der Waals surface area contributed by atoms with Crippen LogP contribution in [0.25, 0.3) is 130 Å². The van der Waals surface area contributed by atoms with E-state index in [0.29, 0.717) is 0 Å². The van der Waals surface area contributed by atoms with Gasteiger partial charge in [-0.05, 0) is 159 Å². The van der Waals surface area contributed by atoms with Crippen molar-refractivity contribution in [3.63, 3.8) is 0 Å². The molecule has 14 aromatic rings. The molecule has 0 amide bonds. The molecule has 64 heavy (non-hydrogen) atoms. The normalized spacial score (nSPS) is 13.2. The van der Waals surface area contributed by atoms with Gasteiger partial charge in [-0.25, -0.2) is 0 Å². The number of fused-ring (bicyclic) bond motifs is 13. The number of aromatic nitrogens is 2. The Bertz CT molecular complexity index is 4230. The first-order valence-corrected chi connectivity index (χ1v) is 22.8. The number of hydrogen-bond acceptors (Lipinski definition) is 0. The summed E-state index contributed by atoms with van der Waals surface area (Å²) in [5, 5.41) is 23.6. The first-order chi connectivity index (χ1) is 31.0. The van der Waals surface area contributed by atoms with Crippen molar-refractivity contribution >= 4 is 119 Å². The van der Waals surface area contributed by atoms with E-state index in [0.717, 1.165) is 0 Å². The molecule has 2 aromatic heterocycles. The van der Waals surface area contributed by atoms with Gasteiger partial charge in [-0.1, -0.05) is 145 Å². The number of rotatable bonds is 2. The molecule has 304 valence electrons. The molecule has 0 radical (unpaired) electrons. The lowest BCUT2D eigenvalue weighted by molar-refractivity contribution is 0.591. The van der Waals surface area contributed by atoms with Gasteiger partial charge in [0.05, 0.1) is 27.8 Å². The third-order valence-electron chi connectivity index (χ3n) is 14.9. The van der Waals surface area contributed by atoms with Crippen molar-refractivity contribution in [1.82, 2.24) is 9.13 Å². The highest BCUT2D eigenvalue weighted by molar-refractivity contribution is 6.38. The minimum Gasteiger partial charge on any atom is -0.309 e. The Balaban J connectivity index is 1.10. The van der Waals surface area contributed by atoms with Crippen molar-refractivity contribution in [2.45, 2.75) is 52.4 Å². The topological polar surface area (TPSA) is 9.86 Å². The van der Waals surface area contributed by atoms with Crippen LogP contribution < -0.4 is 0 Å². The average molecular weight is 819 g/mol. The fourth-order valence-electron chi connectivity index (χ4n) is 11.6. The molecule has 0 atom stereocenters. The minimum absolute atomic E-state index is 0.000529. The van der Waals surface area contributed by atoms with Crippen molar-refractivity contribution in [2.24, 2.45) is 0 Å². The van der Waals surface area contributed by atoms with Gasteiger partial charge in [0.2, 0.25) is 0 Å². The second kappa shape index (κ2) is 12.2. The van der Waals surface area contributed by atoms with Crippen LogP contribution in [0.15, 0.2) is 170 Å². The van der Waals surface area contributed by atoms with Crippen LogP contribution in [-0.4, -0.2) is 9.13 Å². The molecule has 0 aliphatic rings. The Kier molecular flexibility index (Phi) is 6.87. The van der Waals surface area contributed by atoms with Crippen LogP contribution in [0.3, 0.4) is 0 Å². The van der Waals surface area contributed by atoms with Gasteiger partial charge in [-0.15, -0.1) is 0 Å². The van der Waals surface area contributed by atoms with Gasteiger partial charge in [0, 0.05) is 32.6 Å². The van der Waals surface area contributed by atoms with E-state index >= 15 is 0 Å². The molecule has 0 saturated carbocycles. The monoisotopic (exact) mass is 818 g/mol. The molecule has 14 rings (SSSR count). The minimum atomic E-state index is 0.000529. The molecule has 0 aliphatic carbocycles. The zero-order valence-corrected chi connectivity index (χ0v) is 37.1. The summed E-state index contributed by atoms with van der Waals surface area (Å²) < 4.78 is 5.08. The summed E-state index contributed by atoms with van der Waals surface area (Å²) >= 11 is 0. The second-order valence-corrected chi connectivity index (χ2v) is 20.6.